The van der Waals surface area contributed by atoms with E-state index in [4.69, 9.17) is 27.9 Å². The molecule has 3 amide bonds. The van der Waals surface area contributed by atoms with Crippen molar-refractivity contribution in [3.8, 4) is 0 Å². The molecule has 1 heterocycles. The zero-order valence-electron chi connectivity index (χ0n) is 64.6. The third-order valence-electron chi connectivity index (χ3n) is 19.5. The van der Waals surface area contributed by atoms with Gasteiger partial charge in [-0.3, -0.25) is 33.3 Å². The summed E-state index contributed by atoms with van der Waals surface area (Å²) in [6.07, 6.45) is 44.4. The molecule has 1 rings (SSSR count). The highest BCUT2D eigenvalue weighted by Gasteiger charge is 2.50. The highest BCUT2D eigenvalue weighted by atomic mass is 32.3. The van der Waals surface area contributed by atoms with Gasteiger partial charge in [0.2, 0.25) is 17.7 Å². The number of unbranched alkanes of at least 4 members (excludes halogenated alkanes) is 42. The third-order valence-corrected chi connectivity index (χ3v) is 19.9. The number of esters is 3. The second kappa shape index (κ2) is 66.3. The van der Waals surface area contributed by atoms with Crippen molar-refractivity contribution in [2.24, 2.45) is 0 Å². The lowest BCUT2D eigenvalue weighted by atomic mass is 9.93. The lowest BCUT2D eigenvalue weighted by Crippen LogP contribution is -2.70. The van der Waals surface area contributed by atoms with Crippen LogP contribution in [0.1, 0.15) is 408 Å². The second-order valence-corrected chi connectivity index (χ2v) is 30.1. The molecule has 2 unspecified atom stereocenters. The number of rotatable bonds is 72. The number of amides is 3. The van der Waals surface area contributed by atoms with E-state index in [2.05, 4.69) is 57.5 Å². The molecule has 1 aliphatic rings. The van der Waals surface area contributed by atoms with Crippen molar-refractivity contribution in [3.63, 3.8) is 0 Å². The maximum absolute atomic E-state index is 14.8. The van der Waals surface area contributed by atoms with Crippen molar-refractivity contribution in [1.82, 2.24) is 16.0 Å². The van der Waals surface area contributed by atoms with Crippen molar-refractivity contribution in [3.05, 3.63) is 0 Å². The lowest BCUT2D eigenvalue weighted by Gasteiger charge is -2.45. The minimum atomic E-state index is -5.34. The highest BCUT2D eigenvalue weighted by Crippen LogP contribution is 2.28. The molecule has 0 aliphatic carbocycles. The molecule has 20 heteroatoms. The minimum absolute atomic E-state index is 0.0773. The number of hydrogen-bond donors (Lipinski definition) is 5. The van der Waals surface area contributed by atoms with Crippen molar-refractivity contribution >= 4 is 46.0 Å². The van der Waals surface area contributed by atoms with Gasteiger partial charge in [0.15, 0.2) is 6.29 Å². The van der Waals surface area contributed by atoms with E-state index in [1.54, 1.807) is 0 Å². The first kappa shape index (κ1) is 94.6. The topological polar surface area (TPSA) is 268 Å². The molecule has 8 atom stereocenters. The molecule has 0 spiro atoms. The predicted octanol–water partition coefficient (Wildman–Crippen LogP) is 19.1. The second-order valence-electron chi connectivity index (χ2n) is 29.0. The van der Waals surface area contributed by atoms with Crippen LogP contribution in [0.2, 0.25) is 0 Å². The molecule has 5 N–H and O–H groups in total. The highest BCUT2D eigenvalue weighted by molar-refractivity contribution is 7.80. The quantitative estimate of drug-likeness (QED) is 0.0164. The fraction of sp³-hybridized carbons (Fsp3) is 0.925. The molecule has 588 valence electrons. The maximum Gasteiger partial charge on any atom is 0.397 e. The Morgan fingerprint density at radius 2 is 0.650 bits per heavy atom. The smallest absolute Gasteiger partial charge is 0.397 e. The van der Waals surface area contributed by atoms with Gasteiger partial charge in [-0.25, -0.2) is 4.18 Å². The van der Waals surface area contributed by atoms with E-state index in [1.165, 1.54) is 109 Å². The molecule has 1 aliphatic heterocycles. The summed E-state index contributed by atoms with van der Waals surface area (Å²) in [5.41, 5.74) is 0. The summed E-state index contributed by atoms with van der Waals surface area (Å²) in [5, 5.41) is 19.5. The Labute approximate surface area is 609 Å². The van der Waals surface area contributed by atoms with Gasteiger partial charge in [-0.2, -0.15) is 8.42 Å². The first-order chi connectivity index (χ1) is 48.5. The molecular weight excluding hydrogens is 1290 g/mol. The molecule has 1 fully saturated rings. The molecule has 19 nitrogen and oxygen atoms in total. The van der Waals surface area contributed by atoms with Crippen LogP contribution in [0.3, 0.4) is 0 Å². The summed E-state index contributed by atoms with van der Waals surface area (Å²) >= 11 is 0. The van der Waals surface area contributed by atoms with Gasteiger partial charge >= 0.3 is 28.3 Å². The summed E-state index contributed by atoms with van der Waals surface area (Å²) < 4.78 is 71.9. The summed E-state index contributed by atoms with van der Waals surface area (Å²) in [5.74, 6) is -2.92. The largest absolute Gasteiger partial charge is 0.462 e. The summed E-state index contributed by atoms with van der Waals surface area (Å²) in [6, 6.07) is -3.08. The van der Waals surface area contributed by atoms with E-state index in [-0.39, 0.29) is 63.6 Å². The Kier molecular flexibility index (Phi) is 62.7. The van der Waals surface area contributed by atoms with Crippen LogP contribution in [0, 0.1) is 0 Å². The normalized spacial score (nSPS) is 17.1. The molecular formula is C80H151N3O16S. The molecule has 0 aromatic rings. The van der Waals surface area contributed by atoms with Crippen LogP contribution < -0.4 is 16.0 Å². The van der Waals surface area contributed by atoms with Gasteiger partial charge in [0.05, 0.1) is 38.5 Å². The van der Waals surface area contributed by atoms with Gasteiger partial charge in [-0.05, 0) is 57.8 Å². The van der Waals surface area contributed by atoms with Crippen molar-refractivity contribution < 1.29 is 74.7 Å². The molecule has 0 saturated carbocycles. The Morgan fingerprint density at radius 3 is 0.940 bits per heavy atom. The van der Waals surface area contributed by atoms with E-state index in [0.717, 1.165) is 173 Å². The third kappa shape index (κ3) is 55.1. The van der Waals surface area contributed by atoms with Gasteiger partial charge < -0.3 is 44.7 Å². The number of nitrogens with one attached hydrogen (secondary N) is 3. The van der Waals surface area contributed by atoms with Gasteiger partial charge in [0, 0.05) is 25.8 Å². The van der Waals surface area contributed by atoms with Crippen molar-refractivity contribution in [1.29, 1.82) is 0 Å². The zero-order chi connectivity index (χ0) is 73.4. The fourth-order valence-corrected chi connectivity index (χ4v) is 14.0. The molecule has 1 saturated heterocycles. The average molecular weight is 1440 g/mol. The number of aliphatic hydroxyl groups is 1. The minimum Gasteiger partial charge on any atom is -0.462 e. The van der Waals surface area contributed by atoms with Gasteiger partial charge in [0.1, 0.15) is 36.6 Å². The maximum atomic E-state index is 14.8. The number of aliphatic hydroxyl groups excluding tert-OH is 1. The monoisotopic (exact) mass is 1440 g/mol. The Hall–Kier alpha value is -3.43. The van der Waals surface area contributed by atoms with Gasteiger partial charge in [-0.1, -0.05) is 311 Å². The van der Waals surface area contributed by atoms with Crippen LogP contribution in [0.4, 0.5) is 0 Å². The van der Waals surface area contributed by atoms with E-state index < -0.39 is 89.7 Å². The fourth-order valence-electron chi connectivity index (χ4n) is 13.4. The first-order valence-electron chi connectivity index (χ1n) is 41.5. The van der Waals surface area contributed by atoms with Crippen LogP contribution >= 0.6 is 0 Å². The van der Waals surface area contributed by atoms with E-state index >= 15 is 0 Å². The summed E-state index contributed by atoms with van der Waals surface area (Å²) in [7, 11) is -5.34. The van der Waals surface area contributed by atoms with Crippen LogP contribution in [-0.4, -0.2) is 122 Å². The Bertz CT molecular complexity index is 2100. The molecule has 0 radical (unpaired) electrons. The number of carbonyl (C=O) groups is 6. The Morgan fingerprint density at radius 1 is 0.380 bits per heavy atom. The summed E-state index contributed by atoms with van der Waals surface area (Å²) in [4.78, 5) is 83.6. The average Bonchev–Trinajstić information content (AvgIpc) is 0.782. The molecule has 0 aromatic heterocycles. The molecule has 0 aromatic carbocycles. The van der Waals surface area contributed by atoms with Crippen molar-refractivity contribution in [2.75, 3.05) is 19.8 Å². The molecule has 0 bridgehead atoms. The van der Waals surface area contributed by atoms with Crippen LogP contribution in [0.15, 0.2) is 0 Å². The number of ether oxygens (including phenoxy) is 5. The van der Waals surface area contributed by atoms with E-state index in [1.807, 2.05) is 0 Å². The number of carbonyl (C=O) groups excluding carboxylic acids is 6. The Balaban J connectivity index is 3.70. The van der Waals surface area contributed by atoms with Gasteiger partial charge in [0.25, 0.3) is 0 Å². The van der Waals surface area contributed by atoms with Crippen LogP contribution in [0.5, 0.6) is 0 Å². The first-order valence-corrected chi connectivity index (χ1v) is 42.9. The SMILES string of the molecule is CCCCCCCCCCC[C@H](CC(=O)NCCO[C@@H]1OC(CO)[C@@H](OS(=O)(=O)O)[C@H](NC(=O)C[C@@H](CCCCCCCCCCC)OC(=O)CCCCCCCCC)C1NC(=O)C[C@@H](CCCCCCCCCCC)OC(=O)CCCCCCCCC)OC(=O)CCCCCCCCC. The van der Waals surface area contributed by atoms with Crippen molar-refractivity contribution in [2.45, 2.75) is 456 Å². The van der Waals surface area contributed by atoms with Gasteiger partial charge in [-0.15, -0.1) is 0 Å². The van der Waals surface area contributed by atoms with Crippen LogP contribution in [-0.2, 0) is 67.0 Å². The zero-order valence-corrected chi connectivity index (χ0v) is 65.4. The van der Waals surface area contributed by atoms with E-state index in [0.29, 0.717) is 44.9 Å². The standard InChI is InChI=1S/C80H151N3O16S/c1-7-13-19-25-31-34-40-43-49-55-67(95-74(88)58-52-46-37-28-22-16-10-4)63-71(85)81-61-62-94-80-78(83-73(87)65-69(57-51-45-42-36-33-27-21-15-9-3)97-76(90)60-54-48-39-30-24-18-12-6)77(79(70(66-84)98-80)99-100(91,92)93)82-72(86)64-68(56-50-44-41-35-32-26-20-14-8-2)96-75(89)59-53-47-38-29-23-17-11-5/h67-70,77-80,84H,7-66H2,1-6H3,(H,81,85)(H,82,86)(H,83,87)(H,91,92,93)/t67-,68-,69-,70?,77-,78?,79-,80-/m1/s1. The summed E-state index contributed by atoms with van der Waals surface area (Å²) in [6.45, 7) is 11.9. The number of hydrogen-bond acceptors (Lipinski definition) is 15. The predicted molar refractivity (Wildman–Crippen MR) is 402 cm³/mol. The van der Waals surface area contributed by atoms with E-state index in [9.17, 15) is 46.8 Å². The van der Waals surface area contributed by atoms with Crippen LogP contribution in [0.25, 0.3) is 0 Å². The molecule has 100 heavy (non-hydrogen) atoms. The lowest BCUT2D eigenvalue weighted by molar-refractivity contribution is -0.245.